The first-order valence-electron chi connectivity index (χ1n) is 6.85. The lowest BCUT2D eigenvalue weighted by molar-refractivity contribution is -0.141. The number of nitrogens with zero attached hydrogens (tertiary/aromatic N) is 1. The van der Waals surface area contributed by atoms with E-state index in [1.165, 1.54) is 12.5 Å². The Kier molecular flexibility index (Phi) is 4.51. The highest BCUT2D eigenvalue weighted by Crippen LogP contribution is 2.29. The molecule has 1 aliphatic rings. The van der Waals surface area contributed by atoms with Crippen molar-refractivity contribution >= 4 is 22.7 Å². The first kappa shape index (κ1) is 15.8. The van der Waals surface area contributed by atoms with Crippen molar-refractivity contribution < 1.29 is 23.3 Å². The zero-order valence-corrected chi connectivity index (χ0v) is 12.9. The molecule has 1 amide bonds. The summed E-state index contributed by atoms with van der Waals surface area (Å²) < 4.78 is 15.8. The van der Waals surface area contributed by atoms with Gasteiger partial charge < -0.3 is 14.4 Å². The van der Waals surface area contributed by atoms with Crippen LogP contribution < -0.4 is 0 Å². The first-order valence-corrected chi connectivity index (χ1v) is 8.40. The van der Waals surface area contributed by atoms with Gasteiger partial charge in [-0.25, -0.2) is 0 Å². The van der Waals surface area contributed by atoms with Gasteiger partial charge in [-0.05, 0) is 18.9 Å². The molecule has 0 saturated carbocycles. The maximum atomic E-state index is 12.4. The summed E-state index contributed by atoms with van der Waals surface area (Å²) in [4.78, 5) is 25.5. The van der Waals surface area contributed by atoms with Gasteiger partial charge in [0.15, 0.2) is 0 Å². The summed E-state index contributed by atoms with van der Waals surface area (Å²) in [5.74, 6) is -0.566. The van der Waals surface area contributed by atoms with E-state index in [-0.39, 0.29) is 18.7 Å². The van der Waals surface area contributed by atoms with E-state index in [9.17, 15) is 18.9 Å². The fraction of sp³-hybridized carbons (Fsp3) is 0.571. The average Bonchev–Trinajstić information content (AvgIpc) is 2.94. The van der Waals surface area contributed by atoms with Gasteiger partial charge in [-0.3, -0.25) is 13.8 Å². The fourth-order valence-corrected chi connectivity index (χ4v) is 3.67. The summed E-state index contributed by atoms with van der Waals surface area (Å²) in [7, 11) is -1.47. The molecule has 2 rings (SSSR count). The molecule has 7 heteroatoms. The van der Waals surface area contributed by atoms with Crippen LogP contribution in [0.25, 0.3) is 0 Å². The van der Waals surface area contributed by atoms with Crippen LogP contribution in [0.5, 0.6) is 0 Å². The van der Waals surface area contributed by atoms with Crippen molar-refractivity contribution in [2.45, 2.75) is 30.9 Å². The third-order valence-corrected chi connectivity index (χ3v) is 5.78. The molecule has 0 radical (unpaired) electrons. The molecule has 0 bridgehead atoms. The first-order chi connectivity index (χ1) is 9.92. The number of piperidine rings is 1. The summed E-state index contributed by atoms with van der Waals surface area (Å²) in [6, 6.07) is 1.64. The van der Waals surface area contributed by atoms with Gasteiger partial charge in [-0.15, -0.1) is 0 Å². The van der Waals surface area contributed by atoms with Gasteiger partial charge in [-0.1, -0.05) is 6.92 Å². The van der Waals surface area contributed by atoms with Crippen molar-refractivity contribution in [1.82, 2.24) is 4.90 Å². The Morgan fingerprint density at radius 1 is 1.43 bits per heavy atom. The standard InChI is InChI=1S/C14H19NO5S/c1-3-11-10(4-9-20-11)12(16)15-7-5-14(6-8-15,13(17)18)21(2)19/h4,9H,3,5-8H2,1-2H3,(H,17,18). The van der Waals surface area contributed by atoms with Crippen LogP contribution in [0, 0.1) is 0 Å². The molecular weight excluding hydrogens is 294 g/mol. The Bertz CT molecular complexity index is 556. The third-order valence-electron chi connectivity index (χ3n) is 4.10. The van der Waals surface area contributed by atoms with Gasteiger partial charge in [0.2, 0.25) is 0 Å². The number of likely N-dealkylation sites (tertiary alicyclic amines) is 1. The number of rotatable bonds is 4. The third kappa shape index (κ3) is 2.74. The number of aryl methyl sites for hydroxylation is 1. The number of hydrogen-bond acceptors (Lipinski definition) is 4. The Balaban J connectivity index is 2.12. The summed E-state index contributed by atoms with van der Waals surface area (Å²) in [5, 5.41) is 9.34. The molecule has 1 aromatic rings. The van der Waals surface area contributed by atoms with Crippen molar-refractivity contribution in [2.75, 3.05) is 19.3 Å². The van der Waals surface area contributed by atoms with Crippen molar-refractivity contribution in [2.24, 2.45) is 0 Å². The smallest absolute Gasteiger partial charge is 0.322 e. The van der Waals surface area contributed by atoms with E-state index in [4.69, 9.17) is 4.42 Å². The van der Waals surface area contributed by atoms with E-state index in [2.05, 4.69) is 0 Å². The number of aliphatic carboxylic acids is 1. The molecular formula is C14H19NO5S. The number of carboxylic acid groups (broad SMARTS) is 1. The van der Waals surface area contributed by atoms with E-state index in [1.807, 2.05) is 6.92 Å². The molecule has 1 atom stereocenters. The van der Waals surface area contributed by atoms with Crippen LogP contribution >= 0.6 is 0 Å². The van der Waals surface area contributed by atoms with Crippen LogP contribution in [0.4, 0.5) is 0 Å². The number of hydrogen-bond donors (Lipinski definition) is 1. The van der Waals surface area contributed by atoms with Gasteiger partial charge in [0.1, 0.15) is 10.5 Å². The molecule has 2 heterocycles. The van der Waals surface area contributed by atoms with Gasteiger partial charge in [0.05, 0.1) is 11.8 Å². The highest BCUT2D eigenvalue weighted by molar-refractivity contribution is 7.86. The summed E-state index contributed by atoms with van der Waals surface area (Å²) in [6.45, 7) is 2.49. The van der Waals surface area contributed by atoms with Crippen LogP contribution in [0.2, 0.25) is 0 Å². The monoisotopic (exact) mass is 313 g/mol. The van der Waals surface area contributed by atoms with Crippen LogP contribution in [0.15, 0.2) is 16.7 Å². The van der Waals surface area contributed by atoms with E-state index >= 15 is 0 Å². The SMILES string of the molecule is CCc1occc1C(=O)N1CCC(C(=O)O)(S(C)=O)CC1. The summed E-state index contributed by atoms with van der Waals surface area (Å²) in [6.07, 6.45) is 3.93. The second kappa shape index (κ2) is 6.01. The molecule has 1 N–H and O–H groups in total. The topological polar surface area (TPSA) is 87.8 Å². The van der Waals surface area contributed by atoms with Crippen LogP contribution in [0.1, 0.15) is 35.9 Å². The molecule has 21 heavy (non-hydrogen) atoms. The molecule has 116 valence electrons. The molecule has 1 aliphatic heterocycles. The minimum atomic E-state index is -1.47. The van der Waals surface area contributed by atoms with E-state index < -0.39 is 21.5 Å². The molecule has 1 aromatic heterocycles. The molecule has 0 spiro atoms. The molecule has 1 unspecified atom stereocenters. The molecule has 0 aliphatic carbocycles. The lowest BCUT2D eigenvalue weighted by atomic mass is 9.95. The van der Waals surface area contributed by atoms with E-state index in [0.29, 0.717) is 30.8 Å². The van der Waals surface area contributed by atoms with Gasteiger partial charge in [0.25, 0.3) is 5.91 Å². The van der Waals surface area contributed by atoms with Gasteiger partial charge in [0, 0.05) is 36.6 Å². The Labute approximate surface area is 125 Å². The molecule has 1 fully saturated rings. The zero-order chi connectivity index (χ0) is 15.6. The number of amides is 1. The average molecular weight is 313 g/mol. The fourth-order valence-electron chi connectivity index (χ4n) is 2.67. The van der Waals surface area contributed by atoms with E-state index in [1.54, 1.807) is 11.0 Å². The van der Waals surface area contributed by atoms with Crippen molar-refractivity contribution in [3.63, 3.8) is 0 Å². The van der Waals surface area contributed by atoms with Crippen LogP contribution in [-0.2, 0) is 22.0 Å². The minimum Gasteiger partial charge on any atom is -0.480 e. The molecule has 0 aromatic carbocycles. The molecule has 6 nitrogen and oxygen atoms in total. The predicted octanol–water partition coefficient (Wildman–Crippen LogP) is 1.28. The highest BCUT2D eigenvalue weighted by Gasteiger charge is 2.46. The maximum absolute atomic E-state index is 12.4. The highest BCUT2D eigenvalue weighted by atomic mass is 32.2. The zero-order valence-electron chi connectivity index (χ0n) is 12.1. The van der Waals surface area contributed by atoms with Gasteiger partial charge >= 0.3 is 5.97 Å². The number of carboxylic acids is 1. The van der Waals surface area contributed by atoms with Crippen LogP contribution in [-0.4, -0.2) is 50.2 Å². The lowest BCUT2D eigenvalue weighted by Gasteiger charge is -2.37. The maximum Gasteiger partial charge on any atom is 0.322 e. The van der Waals surface area contributed by atoms with Crippen molar-refractivity contribution in [3.05, 3.63) is 23.7 Å². The predicted molar refractivity (Wildman–Crippen MR) is 77.7 cm³/mol. The summed E-state index contributed by atoms with van der Waals surface area (Å²) in [5.41, 5.74) is 0.526. The molecule has 1 saturated heterocycles. The largest absolute Gasteiger partial charge is 0.480 e. The lowest BCUT2D eigenvalue weighted by Crippen LogP contribution is -2.53. The Morgan fingerprint density at radius 2 is 2.05 bits per heavy atom. The van der Waals surface area contributed by atoms with Gasteiger partial charge in [-0.2, -0.15) is 0 Å². The number of furan rings is 1. The van der Waals surface area contributed by atoms with Crippen molar-refractivity contribution in [3.8, 4) is 0 Å². The van der Waals surface area contributed by atoms with Crippen LogP contribution in [0.3, 0.4) is 0 Å². The second-order valence-electron chi connectivity index (χ2n) is 5.16. The number of carbonyl (C=O) groups is 2. The van der Waals surface area contributed by atoms with Crippen molar-refractivity contribution in [1.29, 1.82) is 0 Å². The second-order valence-corrected chi connectivity index (χ2v) is 6.85. The summed E-state index contributed by atoms with van der Waals surface area (Å²) >= 11 is 0. The Hall–Kier alpha value is -1.63. The minimum absolute atomic E-state index is 0.151. The van der Waals surface area contributed by atoms with E-state index in [0.717, 1.165) is 0 Å². The normalized spacial score (nSPS) is 19.2. The Morgan fingerprint density at radius 3 is 2.52 bits per heavy atom. The quantitative estimate of drug-likeness (QED) is 0.904. The number of carbonyl (C=O) groups excluding carboxylic acids is 1.